The number of hydrogen-bond donors (Lipinski definition) is 2. The first-order valence-corrected chi connectivity index (χ1v) is 18.0. The number of aliphatic hydroxyl groups is 2. The number of benzene rings is 8. The molecule has 1 heterocycles. The Bertz CT molecular complexity index is 2450. The first kappa shape index (κ1) is 32.5. The lowest BCUT2D eigenvalue weighted by molar-refractivity contribution is -0.337. The first-order chi connectivity index (χ1) is 25.2. The molecule has 4 heteroatoms. The topological polar surface area (TPSA) is 58.9 Å². The maximum absolute atomic E-state index is 13.8. The van der Waals surface area contributed by atoms with E-state index in [4.69, 9.17) is 9.47 Å². The smallest absolute Gasteiger partial charge is 0.163 e. The van der Waals surface area contributed by atoms with Gasteiger partial charge in [0.1, 0.15) is 17.3 Å². The molecule has 0 amide bonds. The van der Waals surface area contributed by atoms with E-state index in [2.05, 4.69) is 97.1 Å². The van der Waals surface area contributed by atoms with Gasteiger partial charge in [-0.3, -0.25) is 0 Å². The van der Waals surface area contributed by atoms with Crippen molar-refractivity contribution in [3.63, 3.8) is 0 Å². The Morgan fingerprint density at radius 2 is 0.750 bits per heavy atom. The summed E-state index contributed by atoms with van der Waals surface area (Å²) in [6.07, 6.45) is -0.971. The Morgan fingerprint density at radius 1 is 0.442 bits per heavy atom. The first-order valence-electron chi connectivity index (χ1n) is 18.0. The predicted molar refractivity (Wildman–Crippen MR) is 210 cm³/mol. The van der Waals surface area contributed by atoms with Crippen LogP contribution in [-0.4, -0.2) is 28.7 Å². The summed E-state index contributed by atoms with van der Waals surface area (Å²) in [5, 5.41) is 35.9. The Morgan fingerprint density at radius 3 is 1.10 bits per heavy atom. The maximum atomic E-state index is 13.8. The number of rotatable bonds is 6. The SMILES string of the molecule is CC1(C)OCC(C(O)(c2ccc3ccccc3c2)c2ccc3ccccc3c2)C(C(O)(c2ccc3ccccc3c2)c2ccc3ccccc3c2)O1. The van der Waals surface area contributed by atoms with Crippen LogP contribution >= 0.6 is 0 Å². The normalized spacial score (nSPS) is 17.9. The van der Waals surface area contributed by atoms with Crippen LogP contribution in [0.3, 0.4) is 0 Å². The second-order valence-corrected chi connectivity index (χ2v) is 14.6. The minimum atomic E-state index is -1.72. The molecule has 4 nitrogen and oxygen atoms in total. The van der Waals surface area contributed by atoms with E-state index in [-0.39, 0.29) is 6.61 Å². The van der Waals surface area contributed by atoms with E-state index in [1.807, 2.05) is 86.6 Å². The summed E-state index contributed by atoms with van der Waals surface area (Å²) in [6.45, 7) is 3.88. The third kappa shape index (κ3) is 5.39. The Hall–Kier alpha value is -5.36. The predicted octanol–water partition coefficient (Wildman–Crippen LogP) is 10.2. The summed E-state index contributed by atoms with van der Waals surface area (Å²) >= 11 is 0. The van der Waals surface area contributed by atoms with Gasteiger partial charge in [0.2, 0.25) is 0 Å². The van der Waals surface area contributed by atoms with Gasteiger partial charge >= 0.3 is 0 Å². The zero-order valence-electron chi connectivity index (χ0n) is 29.2. The molecular weight excluding hydrogens is 641 g/mol. The Kier molecular flexibility index (Phi) is 7.76. The summed E-state index contributed by atoms with van der Waals surface area (Å²) in [6, 6.07) is 57.1. The molecule has 8 aromatic carbocycles. The molecule has 0 aliphatic carbocycles. The fraction of sp³-hybridized carbons (Fsp3) is 0.167. The van der Waals surface area contributed by atoms with Crippen molar-refractivity contribution in [2.75, 3.05) is 6.61 Å². The van der Waals surface area contributed by atoms with Crippen LogP contribution in [0.25, 0.3) is 43.1 Å². The molecule has 1 aliphatic rings. The lowest BCUT2D eigenvalue weighted by Gasteiger charge is -2.53. The van der Waals surface area contributed by atoms with Crippen molar-refractivity contribution in [1.82, 2.24) is 0 Å². The van der Waals surface area contributed by atoms with Crippen LogP contribution in [0.2, 0.25) is 0 Å². The lowest BCUT2D eigenvalue weighted by Crippen LogP contribution is -2.61. The molecule has 0 radical (unpaired) electrons. The Labute approximate surface area is 303 Å². The minimum Gasteiger partial charge on any atom is -0.380 e. The second kappa shape index (κ2) is 12.4. The van der Waals surface area contributed by atoms with Gasteiger partial charge in [-0.15, -0.1) is 0 Å². The molecular formula is C48H40O4. The lowest BCUT2D eigenvalue weighted by atomic mass is 9.66. The van der Waals surface area contributed by atoms with Gasteiger partial charge in [0.05, 0.1) is 6.61 Å². The highest BCUT2D eigenvalue weighted by Gasteiger charge is 2.58. The van der Waals surface area contributed by atoms with Crippen molar-refractivity contribution in [1.29, 1.82) is 0 Å². The average molecular weight is 681 g/mol. The third-order valence-corrected chi connectivity index (χ3v) is 11.1. The van der Waals surface area contributed by atoms with Crippen molar-refractivity contribution < 1.29 is 19.7 Å². The standard InChI is InChI=1S/C48H40O4/c1-46(2)51-31-44(47(49,40-23-19-32-11-3-7-15-36(32)27-40)41-24-20-33-12-4-8-16-37(33)28-41)45(52-46)48(50,42-25-21-34-13-5-9-17-38(34)29-42)43-26-22-35-14-6-10-18-39(35)30-43/h3-30,44-45,49-50H,31H2,1-2H3. The van der Waals surface area contributed by atoms with Crippen LogP contribution in [-0.2, 0) is 20.7 Å². The van der Waals surface area contributed by atoms with E-state index < -0.39 is 29.0 Å². The molecule has 2 unspecified atom stereocenters. The van der Waals surface area contributed by atoms with E-state index in [1.54, 1.807) is 0 Å². The van der Waals surface area contributed by atoms with Crippen LogP contribution < -0.4 is 0 Å². The van der Waals surface area contributed by atoms with Crippen molar-refractivity contribution in [3.05, 3.63) is 192 Å². The molecule has 8 aromatic rings. The molecule has 0 saturated carbocycles. The summed E-state index contributed by atoms with van der Waals surface area (Å²) < 4.78 is 13.5. The van der Waals surface area contributed by atoms with Crippen LogP contribution in [0.5, 0.6) is 0 Å². The molecule has 9 rings (SSSR count). The monoisotopic (exact) mass is 680 g/mol. The van der Waals surface area contributed by atoms with E-state index in [0.29, 0.717) is 22.3 Å². The highest BCUT2D eigenvalue weighted by molar-refractivity contribution is 5.87. The van der Waals surface area contributed by atoms with Gasteiger partial charge in [0, 0.05) is 5.92 Å². The van der Waals surface area contributed by atoms with Crippen molar-refractivity contribution in [3.8, 4) is 0 Å². The van der Waals surface area contributed by atoms with Crippen LogP contribution in [0.1, 0.15) is 36.1 Å². The minimum absolute atomic E-state index is 0.122. The fourth-order valence-electron chi connectivity index (χ4n) is 8.31. The number of hydrogen-bond acceptors (Lipinski definition) is 4. The number of fused-ring (bicyclic) bond motifs is 4. The number of ether oxygens (including phenoxy) is 2. The van der Waals surface area contributed by atoms with Gasteiger partial charge < -0.3 is 19.7 Å². The van der Waals surface area contributed by atoms with E-state index >= 15 is 0 Å². The zero-order valence-corrected chi connectivity index (χ0v) is 29.2. The van der Waals surface area contributed by atoms with Crippen LogP contribution in [0.15, 0.2) is 170 Å². The second-order valence-electron chi connectivity index (χ2n) is 14.6. The van der Waals surface area contributed by atoms with Crippen molar-refractivity contribution in [2.45, 2.75) is 36.9 Å². The molecule has 1 saturated heterocycles. The molecule has 256 valence electrons. The molecule has 1 fully saturated rings. The summed E-state index contributed by atoms with van der Waals surface area (Å²) in [4.78, 5) is 0. The van der Waals surface area contributed by atoms with Crippen molar-refractivity contribution >= 4 is 43.1 Å². The van der Waals surface area contributed by atoms with E-state index in [9.17, 15) is 10.2 Å². The summed E-state index contributed by atoms with van der Waals surface area (Å²) in [5.41, 5.74) is -0.633. The van der Waals surface area contributed by atoms with Crippen LogP contribution in [0.4, 0.5) is 0 Å². The molecule has 0 aromatic heterocycles. The average Bonchev–Trinajstić information content (AvgIpc) is 3.19. The van der Waals surface area contributed by atoms with Gasteiger partial charge in [-0.1, -0.05) is 146 Å². The van der Waals surface area contributed by atoms with Gasteiger partial charge in [-0.05, 0) is 103 Å². The molecule has 0 spiro atoms. The highest BCUT2D eigenvalue weighted by Crippen LogP contribution is 2.51. The van der Waals surface area contributed by atoms with E-state index in [1.165, 1.54) is 0 Å². The van der Waals surface area contributed by atoms with Crippen LogP contribution in [0, 0.1) is 5.92 Å². The van der Waals surface area contributed by atoms with Gasteiger partial charge in [-0.2, -0.15) is 0 Å². The highest BCUT2D eigenvalue weighted by atomic mass is 16.7. The largest absolute Gasteiger partial charge is 0.380 e. The third-order valence-electron chi connectivity index (χ3n) is 11.1. The quantitative estimate of drug-likeness (QED) is 0.184. The fourth-order valence-corrected chi connectivity index (χ4v) is 8.31. The molecule has 52 heavy (non-hydrogen) atoms. The molecule has 2 atom stereocenters. The molecule has 1 aliphatic heterocycles. The zero-order chi connectivity index (χ0) is 35.5. The molecule has 0 bridgehead atoms. The van der Waals surface area contributed by atoms with Gasteiger partial charge in [0.25, 0.3) is 0 Å². The van der Waals surface area contributed by atoms with Crippen molar-refractivity contribution in [2.24, 2.45) is 5.92 Å². The van der Waals surface area contributed by atoms with Gasteiger partial charge in [0.15, 0.2) is 5.79 Å². The Balaban J connectivity index is 1.33. The summed E-state index contributed by atoms with van der Waals surface area (Å²) in [5.74, 6) is -1.83. The van der Waals surface area contributed by atoms with Gasteiger partial charge in [-0.25, -0.2) is 0 Å². The maximum Gasteiger partial charge on any atom is 0.163 e. The van der Waals surface area contributed by atoms with E-state index in [0.717, 1.165) is 43.1 Å². The molecule has 2 N–H and O–H groups in total. The summed E-state index contributed by atoms with van der Waals surface area (Å²) in [7, 11) is 0.